The summed E-state index contributed by atoms with van der Waals surface area (Å²) in [5, 5.41) is 13.1. The molecule has 0 unspecified atom stereocenters. The van der Waals surface area contributed by atoms with Gasteiger partial charge in [-0.15, -0.1) is 0 Å². The lowest BCUT2D eigenvalue weighted by molar-refractivity contribution is 0.432. The van der Waals surface area contributed by atoms with Gasteiger partial charge in [0.05, 0.1) is 17.1 Å². The molecule has 6 nitrogen and oxygen atoms in total. The average molecular weight is 299 g/mol. The standard InChI is InChI=1S/C12H14FN3O3S/c1-7-12(8(2)16(3)14-7)20(18,19)15-9-4-5-11(17)10(13)6-9/h4-6,15,17H,1-3H3. The first-order valence-electron chi connectivity index (χ1n) is 5.74. The van der Waals surface area contributed by atoms with Gasteiger partial charge in [-0.3, -0.25) is 9.40 Å². The van der Waals surface area contributed by atoms with Gasteiger partial charge in [-0.05, 0) is 26.0 Å². The number of aromatic hydroxyl groups is 1. The van der Waals surface area contributed by atoms with Gasteiger partial charge in [0.25, 0.3) is 10.0 Å². The number of rotatable bonds is 3. The molecule has 108 valence electrons. The molecule has 0 bridgehead atoms. The summed E-state index contributed by atoms with van der Waals surface area (Å²) in [6.07, 6.45) is 0. The van der Waals surface area contributed by atoms with E-state index in [1.165, 1.54) is 10.7 Å². The monoisotopic (exact) mass is 299 g/mol. The van der Waals surface area contributed by atoms with E-state index in [0.29, 0.717) is 11.4 Å². The van der Waals surface area contributed by atoms with Crippen molar-refractivity contribution >= 4 is 15.7 Å². The Balaban J connectivity index is 2.43. The zero-order chi connectivity index (χ0) is 15.1. The predicted octanol–water partition coefficient (Wildman–Crippen LogP) is 1.68. The van der Waals surface area contributed by atoms with E-state index in [-0.39, 0.29) is 10.6 Å². The van der Waals surface area contributed by atoms with Crippen molar-refractivity contribution in [3.05, 3.63) is 35.4 Å². The molecule has 0 aliphatic rings. The van der Waals surface area contributed by atoms with Gasteiger partial charge in [-0.1, -0.05) is 0 Å². The molecule has 8 heteroatoms. The van der Waals surface area contributed by atoms with Crippen LogP contribution in [0.3, 0.4) is 0 Å². The minimum absolute atomic E-state index is 0.0305. The van der Waals surface area contributed by atoms with Gasteiger partial charge < -0.3 is 5.11 Å². The summed E-state index contributed by atoms with van der Waals surface area (Å²) in [6.45, 7) is 3.21. The maximum absolute atomic E-state index is 13.2. The van der Waals surface area contributed by atoms with Crippen LogP contribution in [0.5, 0.6) is 5.75 Å². The van der Waals surface area contributed by atoms with E-state index < -0.39 is 21.6 Å². The largest absolute Gasteiger partial charge is 0.505 e. The van der Waals surface area contributed by atoms with Crippen LogP contribution in [0, 0.1) is 19.7 Å². The third-order valence-corrected chi connectivity index (χ3v) is 4.54. The first-order chi connectivity index (χ1) is 9.22. The van der Waals surface area contributed by atoms with E-state index in [1.807, 2.05) is 0 Å². The zero-order valence-electron chi connectivity index (χ0n) is 11.2. The van der Waals surface area contributed by atoms with Crippen LogP contribution < -0.4 is 4.72 Å². The van der Waals surface area contributed by atoms with Crippen molar-refractivity contribution in [2.45, 2.75) is 18.7 Å². The van der Waals surface area contributed by atoms with E-state index in [0.717, 1.165) is 12.1 Å². The molecule has 2 aromatic rings. The molecule has 0 saturated heterocycles. The molecule has 0 fully saturated rings. The smallest absolute Gasteiger partial charge is 0.265 e. The highest BCUT2D eigenvalue weighted by atomic mass is 32.2. The molecular formula is C12H14FN3O3S. The Bertz CT molecular complexity index is 768. The minimum atomic E-state index is -3.87. The van der Waals surface area contributed by atoms with Crippen molar-refractivity contribution in [3.8, 4) is 5.75 Å². The summed E-state index contributed by atoms with van der Waals surface area (Å²) in [4.78, 5) is 0.0634. The molecule has 1 heterocycles. The molecule has 0 aliphatic carbocycles. The molecule has 0 amide bonds. The SMILES string of the molecule is Cc1nn(C)c(C)c1S(=O)(=O)Nc1ccc(O)c(F)c1. The first kappa shape index (κ1) is 14.3. The fourth-order valence-corrected chi connectivity index (χ4v) is 3.41. The van der Waals surface area contributed by atoms with E-state index in [2.05, 4.69) is 9.82 Å². The molecular weight excluding hydrogens is 285 g/mol. The summed E-state index contributed by atoms with van der Waals surface area (Å²) >= 11 is 0. The molecule has 1 aromatic heterocycles. The molecule has 20 heavy (non-hydrogen) atoms. The minimum Gasteiger partial charge on any atom is -0.505 e. The summed E-state index contributed by atoms with van der Waals surface area (Å²) < 4.78 is 41.6. The van der Waals surface area contributed by atoms with Crippen molar-refractivity contribution in [2.24, 2.45) is 7.05 Å². The van der Waals surface area contributed by atoms with Crippen LogP contribution in [0.2, 0.25) is 0 Å². The number of halogens is 1. The van der Waals surface area contributed by atoms with Crippen molar-refractivity contribution < 1.29 is 17.9 Å². The summed E-state index contributed by atoms with van der Waals surface area (Å²) in [7, 11) is -2.22. The highest BCUT2D eigenvalue weighted by Gasteiger charge is 2.24. The molecule has 2 N–H and O–H groups in total. The Labute approximate surface area is 115 Å². The van der Waals surface area contributed by atoms with E-state index >= 15 is 0 Å². The molecule has 0 radical (unpaired) electrons. The van der Waals surface area contributed by atoms with Gasteiger partial charge in [0, 0.05) is 13.1 Å². The maximum Gasteiger partial charge on any atom is 0.265 e. The van der Waals surface area contributed by atoms with Crippen LogP contribution in [0.25, 0.3) is 0 Å². The normalized spacial score (nSPS) is 11.6. The number of sulfonamides is 1. The first-order valence-corrected chi connectivity index (χ1v) is 7.22. The lowest BCUT2D eigenvalue weighted by atomic mass is 10.3. The Morgan fingerprint density at radius 1 is 1.35 bits per heavy atom. The zero-order valence-corrected chi connectivity index (χ0v) is 12.0. The molecule has 0 atom stereocenters. The molecule has 0 aliphatic heterocycles. The third kappa shape index (κ3) is 2.46. The van der Waals surface area contributed by atoms with Gasteiger partial charge in [0.1, 0.15) is 4.90 Å². The molecule has 1 aromatic carbocycles. The number of nitrogens with one attached hydrogen (secondary N) is 1. The lowest BCUT2D eigenvalue weighted by Gasteiger charge is -2.09. The quantitative estimate of drug-likeness (QED) is 0.845. The Morgan fingerprint density at radius 3 is 2.50 bits per heavy atom. The average Bonchev–Trinajstić information content (AvgIpc) is 2.58. The van der Waals surface area contributed by atoms with E-state index in [4.69, 9.17) is 5.11 Å². The summed E-state index contributed by atoms with van der Waals surface area (Å²) in [5.74, 6) is -1.44. The maximum atomic E-state index is 13.2. The molecule has 0 spiro atoms. The van der Waals surface area contributed by atoms with Crippen LogP contribution in [0.1, 0.15) is 11.4 Å². The topological polar surface area (TPSA) is 84.2 Å². The number of hydrogen-bond acceptors (Lipinski definition) is 4. The second-order valence-corrected chi connectivity index (χ2v) is 6.01. The second-order valence-electron chi connectivity index (χ2n) is 4.40. The highest BCUT2D eigenvalue weighted by molar-refractivity contribution is 7.92. The van der Waals surface area contributed by atoms with Crippen molar-refractivity contribution in [1.29, 1.82) is 0 Å². The fourth-order valence-electron chi connectivity index (χ4n) is 1.92. The van der Waals surface area contributed by atoms with Crippen molar-refractivity contribution in [3.63, 3.8) is 0 Å². The Morgan fingerprint density at radius 2 is 2.00 bits per heavy atom. The number of anilines is 1. The summed E-state index contributed by atoms with van der Waals surface area (Å²) in [5.41, 5.74) is 0.869. The summed E-state index contributed by atoms with van der Waals surface area (Å²) in [6, 6.07) is 3.26. The van der Waals surface area contributed by atoms with Gasteiger partial charge in [0.2, 0.25) is 0 Å². The van der Waals surface area contributed by atoms with Crippen LogP contribution in [0.15, 0.2) is 23.1 Å². The number of phenols is 1. The molecule has 0 saturated carbocycles. The fraction of sp³-hybridized carbons (Fsp3) is 0.250. The van der Waals surface area contributed by atoms with Gasteiger partial charge in [-0.2, -0.15) is 5.10 Å². The number of aromatic nitrogens is 2. The lowest BCUT2D eigenvalue weighted by Crippen LogP contribution is -2.15. The third-order valence-electron chi connectivity index (χ3n) is 2.91. The van der Waals surface area contributed by atoms with Crippen molar-refractivity contribution in [1.82, 2.24) is 9.78 Å². The van der Waals surface area contributed by atoms with Crippen LogP contribution >= 0.6 is 0 Å². The Kier molecular flexibility index (Phi) is 3.43. The second kappa shape index (κ2) is 4.78. The van der Waals surface area contributed by atoms with Crippen molar-refractivity contribution in [2.75, 3.05) is 4.72 Å². The van der Waals surface area contributed by atoms with Crippen LogP contribution in [-0.2, 0) is 17.1 Å². The number of aryl methyl sites for hydroxylation is 2. The number of hydrogen-bond donors (Lipinski definition) is 2. The number of phenolic OH excluding ortho intramolecular Hbond substituents is 1. The van der Waals surface area contributed by atoms with Gasteiger partial charge >= 0.3 is 0 Å². The van der Waals surface area contributed by atoms with Crippen LogP contribution in [-0.4, -0.2) is 23.3 Å². The molecule has 2 rings (SSSR count). The Hall–Kier alpha value is -2.09. The van der Waals surface area contributed by atoms with Gasteiger partial charge in [-0.25, -0.2) is 12.8 Å². The number of nitrogens with zero attached hydrogens (tertiary/aromatic N) is 2. The van der Waals surface area contributed by atoms with E-state index in [9.17, 15) is 12.8 Å². The highest BCUT2D eigenvalue weighted by Crippen LogP contribution is 2.24. The predicted molar refractivity (Wildman–Crippen MR) is 71.6 cm³/mol. The van der Waals surface area contributed by atoms with Crippen LogP contribution in [0.4, 0.5) is 10.1 Å². The number of benzene rings is 1. The van der Waals surface area contributed by atoms with Gasteiger partial charge in [0.15, 0.2) is 11.6 Å². The van der Waals surface area contributed by atoms with E-state index in [1.54, 1.807) is 20.9 Å².